The van der Waals surface area contributed by atoms with Gasteiger partial charge in [0, 0.05) is 28.0 Å². The van der Waals surface area contributed by atoms with Crippen molar-refractivity contribution in [1.82, 2.24) is 4.98 Å². The van der Waals surface area contributed by atoms with E-state index in [1.807, 2.05) is 6.07 Å². The monoisotopic (exact) mass is 295 g/mol. The molecule has 0 unspecified atom stereocenters. The van der Waals surface area contributed by atoms with Gasteiger partial charge in [0.15, 0.2) is 0 Å². The maximum Gasteiger partial charge on any atom is 0.127 e. The minimum absolute atomic E-state index is 0.111. The highest BCUT2D eigenvalue weighted by atomic mass is 79.9. The molecule has 0 aromatic carbocycles. The second-order valence-corrected chi connectivity index (χ2v) is 5.45. The van der Waals surface area contributed by atoms with Crippen molar-refractivity contribution in [3.05, 3.63) is 46.0 Å². The molecule has 1 heterocycles. The molecule has 2 rings (SSSR count). The summed E-state index contributed by atoms with van der Waals surface area (Å²) in [6.45, 7) is 4.22. The molecule has 0 saturated carbocycles. The quantitative estimate of drug-likeness (QED) is 0.756. The maximum atomic E-state index is 14.0. The first-order chi connectivity index (χ1) is 8.09. The second-order valence-electron chi connectivity index (χ2n) is 4.54. The lowest BCUT2D eigenvalue weighted by Gasteiger charge is -2.21. The number of halogens is 2. The Kier molecular flexibility index (Phi) is 3.77. The lowest BCUT2D eigenvalue weighted by molar-refractivity contribution is 0.633. The smallest absolute Gasteiger partial charge is 0.127 e. The van der Waals surface area contributed by atoms with E-state index in [0.717, 1.165) is 28.5 Å². The Hall–Kier alpha value is -0.960. The van der Waals surface area contributed by atoms with Crippen LogP contribution in [0.3, 0.4) is 0 Å². The second kappa shape index (κ2) is 5.13. The summed E-state index contributed by atoms with van der Waals surface area (Å²) < 4.78 is 14.9. The van der Waals surface area contributed by atoms with E-state index in [2.05, 4.69) is 34.8 Å². The third kappa shape index (κ3) is 2.65. The number of aromatic nitrogens is 1. The number of nitrogens with zero attached hydrogens (tertiary/aromatic N) is 1. The van der Waals surface area contributed by atoms with Gasteiger partial charge in [0.05, 0.1) is 0 Å². The molecule has 0 N–H and O–H groups in total. The number of hydrogen-bond acceptors (Lipinski definition) is 1. The first kappa shape index (κ1) is 12.5. The lowest BCUT2D eigenvalue weighted by Crippen LogP contribution is -2.04. The fourth-order valence-electron chi connectivity index (χ4n) is 2.18. The Balaban J connectivity index is 2.56. The zero-order valence-electron chi connectivity index (χ0n) is 10.0. The minimum Gasteiger partial charge on any atom is -0.263 e. The van der Waals surface area contributed by atoms with Crippen LogP contribution >= 0.6 is 15.9 Å². The summed E-state index contributed by atoms with van der Waals surface area (Å²) in [5.41, 5.74) is 2.78. The maximum absolute atomic E-state index is 14.0. The molecular weight excluding hydrogens is 281 g/mol. The molecular formula is C14H15BrFN. The predicted octanol–water partition coefficient (Wildman–Crippen LogP) is 4.90. The third-order valence-corrected chi connectivity index (χ3v) is 3.42. The van der Waals surface area contributed by atoms with Gasteiger partial charge in [0.2, 0.25) is 0 Å². The van der Waals surface area contributed by atoms with Gasteiger partial charge in [-0.25, -0.2) is 4.39 Å². The molecule has 1 aliphatic rings. The summed E-state index contributed by atoms with van der Waals surface area (Å²) >= 11 is 3.38. The van der Waals surface area contributed by atoms with Gasteiger partial charge < -0.3 is 0 Å². The van der Waals surface area contributed by atoms with Crippen LogP contribution < -0.4 is 0 Å². The third-order valence-electron chi connectivity index (χ3n) is 2.99. The molecule has 3 heteroatoms. The predicted molar refractivity (Wildman–Crippen MR) is 72.1 cm³/mol. The van der Waals surface area contributed by atoms with E-state index in [1.54, 1.807) is 18.5 Å². The SMILES string of the molecule is CC(C)C1=C(c2cncc(Br)c2)C(F)=CCC1. The van der Waals surface area contributed by atoms with Crippen molar-refractivity contribution in [1.29, 1.82) is 0 Å². The van der Waals surface area contributed by atoms with Gasteiger partial charge in [-0.15, -0.1) is 0 Å². The van der Waals surface area contributed by atoms with Crippen molar-refractivity contribution in [2.24, 2.45) is 5.92 Å². The summed E-state index contributed by atoms with van der Waals surface area (Å²) in [6, 6.07) is 1.92. The standard InChI is InChI=1S/C14H15BrFN/c1-9(2)12-4-3-5-13(16)14(12)10-6-11(15)8-17-7-10/h5-9H,3-4H2,1-2H3. The van der Waals surface area contributed by atoms with Crippen LogP contribution in [0, 0.1) is 5.92 Å². The summed E-state index contributed by atoms with van der Waals surface area (Å²) in [4.78, 5) is 4.11. The normalized spacial score (nSPS) is 16.4. The molecule has 1 nitrogen and oxygen atoms in total. The highest BCUT2D eigenvalue weighted by molar-refractivity contribution is 9.10. The summed E-state index contributed by atoms with van der Waals surface area (Å²) in [7, 11) is 0. The van der Waals surface area contributed by atoms with Crippen LogP contribution in [0.4, 0.5) is 4.39 Å². The first-order valence-electron chi connectivity index (χ1n) is 5.79. The fourth-order valence-corrected chi connectivity index (χ4v) is 2.55. The van der Waals surface area contributed by atoms with E-state index in [-0.39, 0.29) is 5.83 Å². The molecule has 1 aromatic heterocycles. The topological polar surface area (TPSA) is 12.9 Å². The Morgan fingerprint density at radius 1 is 1.35 bits per heavy atom. The van der Waals surface area contributed by atoms with Crippen LogP contribution in [-0.4, -0.2) is 4.98 Å². The van der Waals surface area contributed by atoms with Crippen LogP contribution in [0.15, 0.2) is 40.4 Å². The van der Waals surface area contributed by atoms with Gasteiger partial charge in [-0.3, -0.25) is 4.98 Å². The Bertz CT molecular complexity index is 489. The van der Waals surface area contributed by atoms with Crippen LogP contribution in [0.1, 0.15) is 32.3 Å². The van der Waals surface area contributed by atoms with Gasteiger partial charge in [0.25, 0.3) is 0 Å². The molecule has 0 atom stereocenters. The number of hydrogen-bond donors (Lipinski definition) is 0. The van der Waals surface area contributed by atoms with E-state index < -0.39 is 0 Å². The van der Waals surface area contributed by atoms with Gasteiger partial charge in [-0.1, -0.05) is 19.4 Å². The number of pyridine rings is 1. The van der Waals surface area contributed by atoms with E-state index in [9.17, 15) is 4.39 Å². The van der Waals surface area contributed by atoms with Gasteiger partial charge in [-0.2, -0.15) is 0 Å². The molecule has 1 aliphatic carbocycles. The molecule has 0 amide bonds. The molecule has 0 radical (unpaired) electrons. The molecule has 0 fully saturated rings. The van der Waals surface area contributed by atoms with E-state index in [4.69, 9.17) is 0 Å². The minimum atomic E-state index is -0.111. The van der Waals surface area contributed by atoms with Crippen molar-refractivity contribution in [2.75, 3.05) is 0 Å². The molecule has 1 aromatic rings. The number of rotatable bonds is 2. The van der Waals surface area contributed by atoms with Crippen LogP contribution in [0.5, 0.6) is 0 Å². The van der Waals surface area contributed by atoms with Crippen LogP contribution in [0.2, 0.25) is 0 Å². The Morgan fingerprint density at radius 3 is 2.76 bits per heavy atom. The van der Waals surface area contributed by atoms with Gasteiger partial charge in [-0.05, 0) is 46.8 Å². The highest BCUT2D eigenvalue weighted by Gasteiger charge is 2.20. The van der Waals surface area contributed by atoms with E-state index >= 15 is 0 Å². The molecule has 0 saturated heterocycles. The molecule has 0 spiro atoms. The van der Waals surface area contributed by atoms with E-state index in [1.165, 1.54) is 5.57 Å². The fraction of sp³-hybridized carbons (Fsp3) is 0.357. The average Bonchev–Trinajstić information content (AvgIpc) is 2.28. The molecule has 0 aliphatic heterocycles. The van der Waals surface area contributed by atoms with Gasteiger partial charge >= 0.3 is 0 Å². The van der Waals surface area contributed by atoms with E-state index in [0.29, 0.717) is 5.92 Å². The summed E-state index contributed by atoms with van der Waals surface area (Å²) in [6.07, 6.45) is 6.84. The largest absolute Gasteiger partial charge is 0.263 e. The zero-order valence-corrected chi connectivity index (χ0v) is 11.6. The number of allylic oxidation sites excluding steroid dienone is 4. The highest BCUT2D eigenvalue weighted by Crippen LogP contribution is 2.37. The van der Waals surface area contributed by atoms with Crippen LogP contribution in [-0.2, 0) is 0 Å². The summed E-state index contributed by atoms with van der Waals surface area (Å²) in [5, 5.41) is 0. The summed E-state index contributed by atoms with van der Waals surface area (Å²) in [5.74, 6) is 0.253. The van der Waals surface area contributed by atoms with Crippen LogP contribution in [0.25, 0.3) is 5.57 Å². The van der Waals surface area contributed by atoms with Crippen molar-refractivity contribution < 1.29 is 4.39 Å². The Morgan fingerprint density at radius 2 is 2.12 bits per heavy atom. The van der Waals surface area contributed by atoms with Crippen molar-refractivity contribution >= 4 is 21.5 Å². The molecule has 17 heavy (non-hydrogen) atoms. The van der Waals surface area contributed by atoms with Crippen molar-refractivity contribution in [3.8, 4) is 0 Å². The molecule has 90 valence electrons. The lowest BCUT2D eigenvalue weighted by atomic mass is 9.86. The zero-order chi connectivity index (χ0) is 12.4. The first-order valence-corrected chi connectivity index (χ1v) is 6.59. The van der Waals surface area contributed by atoms with Gasteiger partial charge in [0.1, 0.15) is 5.83 Å². The van der Waals surface area contributed by atoms with Crippen molar-refractivity contribution in [2.45, 2.75) is 26.7 Å². The Labute approximate surface area is 110 Å². The van der Waals surface area contributed by atoms with Crippen molar-refractivity contribution in [3.63, 3.8) is 0 Å². The molecule has 0 bridgehead atoms. The average molecular weight is 296 g/mol.